The van der Waals surface area contributed by atoms with E-state index in [0.29, 0.717) is 23.1 Å². The summed E-state index contributed by atoms with van der Waals surface area (Å²) < 4.78 is 5.91. The molecule has 200 valence electrons. The Kier molecular flexibility index (Phi) is 9.83. The molecule has 1 aliphatic carbocycles. The van der Waals surface area contributed by atoms with E-state index in [-0.39, 0.29) is 31.0 Å². The summed E-state index contributed by atoms with van der Waals surface area (Å²) in [5.74, 6) is 0.632. The molecule has 0 aliphatic heterocycles. The minimum atomic E-state index is -0.700. The lowest BCUT2D eigenvalue weighted by Crippen LogP contribution is -2.53. The standard InChI is InChI=1S/C32H37ClN2O3/c1-23(2)25-16-18-28(19-17-25)38-22-31(36)35(21-26-12-6-9-15-29(26)33)30(20-24-10-4-3-5-11-24)32(37)34-27-13-7-8-14-27/h3-6,9-12,15-19,23,27,30H,7-8,13-14,20-22H2,1-2H3,(H,34,37)/t30-/m0/s1. The molecule has 0 bridgehead atoms. The maximum atomic E-state index is 13.8. The van der Waals surface area contributed by atoms with E-state index in [4.69, 9.17) is 16.3 Å². The van der Waals surface area contributed by atoms with Crippen molar-refractivity contribution in [3.05, 3.63) is 101 Å². The molecule has 1 saturated carbocycles. The molecule has 3 aromatic rings. The molecule has 1 fully saturated rings. The van der Waals surface area contributed by atoms with Gasteiger partial charge in [0.05, 0.1) is 0 Å². The van der Waals surface area contributed by atoms with Crippen LogP contribution in [0.5, 0.6) is 5.75 Å². The highest BCUT2D eigenvalue weighted by Crippen LogP contribution is 2.23. The van der Waals surface area contributed by atoms with Crippen molar-refractivity contribution in [2.24, 2.45) is 0 Å². The van der Waals surface area contributed by atoms with E-state index in [2.05, 4.69) is 19.2 Å². The highest BCUT2D eigenvalue weighted by molar-refractivity contribution is 6.31. The molecule has 0 radical (unpaired) electrons. The molecule has 5 nitrogen and oxygen atoms in total. The minimum absolute atomic E-state index is 0.137. The van der Waals surface area contributed by atoms with E-state index < -0.39 is 6.04 Å². The first-order valence-electron chi connectivity index (χ1n) is 13.5. The molecular weight excluding hydrogens is 496 g/mol. The molecular formula is C32H37ClN2O3. The Morgan fingerprint density at radius 3 is 2.26 bits per heavy atom. The molecule has 0 saturated heterocycles. The third-order valence-electron chi connectivity index (χ3n) is 7.18. The Hall–Kier alpha value is -3.31. The van der Waals surface area contributed by atoms with E-state index in [9.17, 15) is 9.59 Å². The largest absolute Gasteiger partial charge is 0.484 e. The number of amides is 2. The predicted octanol–water partition coefficient (Wildman–Crippen LogP) is 6.54. The molecule has 2 amide bonds. The lowest BCUT2D eigenvalue weighted by atomic mass is 10.0. The number of carbonyl (C=O) groups is 2. The zero-order valence-corrected chi connectivity index (χ0v) is 23.0. The van der Waals surface area contributed by atoms with E-state index in [0.717, 1.165) is 36.8 Å². The predicted molar refractivity (Wildman–Crippen MR) is 152 cm³/mol. The van der Waals surface area contributed by atoms with E-state index in [1.54, 1.807) is 11.0 Å². The number of hydrogen-bond acceptors (Lipinski definition) is 3. The third kappa shape index (κ3) is 7.61. The van der Waals surface area contributed by atoms with Gasteiger partial charge in [-0.2, -0.15) is 0 Å². The number of ether oxygens (including phenoxy) is 1. The average molecular weight is 533 g/mol. The van der Waals surface area contributed by atoms with Crippen LogP contribution in [0.2, 0.25) is 5.02 Å². The van der Waals surface area contributed by atoms with Crippen LogP contribution in [-0.2, 0) is 22.6 Å². The fourth-order valence-corrected chi connectivity index (χ4v) is 5.10. The van der Waals surface area contributed by atoms with Crippen molar-refractivity contribution in [2.75, 3.05) is 6.61 Å². The maximum Gasteiger partial charge on any atom is 0.261 e. The second kappa shape index (κ2) is 13.5. The van der Waals surface area contributed by atoms with Crippen LogP contribution in [0.1, 0.15) is 62.1 Å². The van der Waals surface area contributed by atoms with Crippen LogP contribution in [0.15, 0.2) is 78.9 Å². The Bertz CT molecular complexity index is 1190. The van der Waals surface area contributed by atoms with Gasteiger partial charge in [-0.25, -0.2) is 0 Å². The highest BCUT2D eigenvalue weighted by Gasteiger charge is 2.32. The van der Waals surface area contributed by atoms with Crippen molar-refractivity contribution >= 4 is 23.4 Å². The van der Waals surface area contributed by atoms with Crippen molar-refractivity contribution < 1.29 is 14.3 Å². The van der Waals surface area contributed by atoms with E-state index >= 15 is 0 Å². The molecule has 4 rings (SSSR count). The van der Waals surface area contributed by atoms with Crippen LogP contribution in [0.3, 0.4) is 0 Å². The Morgan fingerprint density at radius 2 is 1.61 bits per heavy atom. The monoisotopic (exact) mass is 532 g/mol. The maximum absolute atomic E-state index is 13.8. The number of carbonyl (C=O) groups excluding carboxylic acids is 2. The van der Waals surface area contributed by atoms with Crippen molar-refractivity contribution in [3.63, 3.8) is 0 Å². The number of hydrogen-bond donors (Lipinski definition) is 1. The summed E-state index contributed by atoms with van der Waals surface area (Å²) in [6.45, 7) is 4.31. The minimum Gasteiger partial charge on any atom is -0.484 e. The Morgan fingerprint density at radius 1 is 0.947 bits per heavy atom. The SMILES string of the molecule is CC(C)c1ccc(OCC(=O)N(Cc2ccccc2Cl)[C@@H](Cc2ccccc2)C(=O)NC2CCCC2)cc1. The number of benzene rings is 3. The van der Waals surface area contributed by atoms with Gasteiger partial charge in [0, 0.05) is 24.0 Å². The second-order valence-corrected chi connectivity index (χ2v) is 10.7. The molecule has 0 unspecified atom stereocenters. The van der Waals surface area contributed by atoms with Gasteiger partial charge in [0.2, 0.25) is 5.91 Å². The molecule has 0 aromatic heterocycles. The Balaban J connectivity index is 1.59. The van der Waals surface area contributed by atoms with Crippen LogP contribution in [0.25, 0.3) is 0 Å². The molecule has 1 aliphatic rings. The lowest BCUT2D eigenvalue weighted by Gasteiger charge is -2.32. The Labute approximate surface area is 231 Å². The summed E-state index contributed by atoms with van der Waals surface area (Å²) in [4.78, 5) is 29.1. The van der Waals surface area contributed by atoms with Gasteiger partial charge in [-0.15, -0.1) is 0 Å². The fourth-order valence-electron chi connectivity index (χ4n) is 4.91. The van der Waals surface area contributed by atoms with Gasteiger partial charge in [-0.3, -0.25) is 9.59 Å². The number of nitrogens with one attached hydrogen (secondary N) is 1. The van der Waals surface area contributed by atoms with Gasteiger partial charge in [-0.05, 0) is 53.6 Å². The summed E-state index contributed by atoms with van der Waals surface area (Å²) in [5.41, 5.74) is 2.98. The van der Waals surface area contributed by atoms with Crippen molar-refractivity contribution in [1.29, 1.82) is 0 Å². The van der Waals surface area contributed by atoms with Crippen LogP contribution in [-0.4, -0.2) is 35.4 Å². The fraction of sp³-hybridized carbons (Fsp3) is 0.375. The van der Waals surface area contributed by atoms with Crippen LogP contribution >= 0.6 is 11.6 Å². The van der Waals surface area contributed by atoms with Gasteiger partial charge in [0.15, 0.2) is 6.61 Å². The zero-order valence-electron chi connectivity index (χ0n) is 22.2. The molecule has 3 aromatic carbocycles. The van der Waals surface area contributed by atoms with Gasteiger partial charge in [-0.1, -0.05) is 99.0 Å². The zero-order chi connectivity index (χ0) is 26.9. The number of nitrogens with zero attached hydrogens (tertiary/aromatic N) is 1. The molecule has 1 atom stereocenters. The molecule has 0 spiro atoms. The van der Waals surface area contributed by atoms with Crippen molar-refractivity contribution in [2.45, 2.75) is 70.5 Å². The van der Waals surface area contributed by atoms with Crippen LogP contribution < -0.4 is 10.1 Å². The molecule has 0 heterocycles. The van der Waals surface area contributed by atoms with Gasteiger partial charge < -0.3 is 15.0 Å². The van der Waals surface area contributed by atoms with Gasteiger partial charge in [0.25, 0.3) is 5.91 Å². The summed E-state index contributed by atoms with van der Waals surface area (Å²) in [7, 11) is 0. The average Bonchev–Trinajstić information content (AvgIpc) is 3.44. The summed E-state index contributed by atoms with van der Waals surface area (Å²) in [6, 6.07) is 24.5. The van der Waals surface area contributed by atoms with Gasteiger partial charge in [0.1, 0.15) is 11.8 Å². The molecule has 38 heavy (non-hydrogen) atoms. The first-order chi connectivity index (χ1) is 18.4. The first-order valence-corrected chi connectivity index (χ1v) is 13.9. The summed E-state index contributed by atoms with van der Waals surface area (Å²) >= 11 is 6.50. The van der Waals surface area contributed by atoms with Crippen molar-refractivity contribution in [1.82, 2.24) is 10.2 Å². The van der Waals surface area contributed by atoms with Gasteiger partial charge >= 0.3 is 0 Å². The molecule has 1 N–H and O–H groups in total. The third-order valence-corrected chi connectivity index (χ3v) is 7.55. The van der Waals surface area contributed by atoms with E-state index in [1.807, 2.05) is 72.8 Å². The van der Waals surface area contributed by atoms with Crippen LogP contribution in [0.4, 0.5) is 0 Å². The molecule has 6 heteroatoms. The summed E-state index contributed by atoms with van der Waals surface area (Å²) in [5, 5.41) is 3.78. The lowest BCUT2D eigenvalue weighted by molar-refractivity contribution is -0.143. The smallest absolute Gasteiger partial charge is 0.261 e. The summed E-state index contributed by atoms with van der Waals surface area (Å²) in [6.07, 6.45) is 4.56. The van der Waals surface area contributed by atoms with Crippen LogP contribution in [0, 0.1) is 0 Å². The van der Waals surface area contributed by atoms with E-state index in [1.165, 1.54) is 5.56 Å². The quantitative estimate of drug-likeness (QED) is 0.305. The van der Waals surface area contributed by atoms with Crippen molar-refractivity contribution in [3.8, 4) is 5.75 Å². The normalized spacial score (nSPS) is 14.3. The number of rotatable bonds is 11. The highest BCUT2D eigenvalue weighted by atomic mass is 35.5. The topological polar surface area (TPSA) is 58.6 Å². The first kappa shape index (κ1) is 27.7. The number of halogens is 1. The second-order valence-electron chi connectivity index (χ2n) is 10.3.